The molecule has 1 aromatic heterocycles. The Hall–Kier alpha value is -1.09. The largest absolute Gasteiger partial charge is 0.387 e. The van der Waals surface area contributed by atoms with Gasteiger partial charge in [-0.2, -0.15) is 0 Å². The average Bonchev–Trinajstić information content (AvgIpc) is 2.54. The van der Waals surface area contributed by atoms with E-state index >= 15 is 0 Å². The van der Waals surface area contributed by atoms with Crippen LogP contribution in [-0.2, 0) is 0 Å². The van der Waals surface area contributed by atoms with Crippen LogP contribution in [0, 0.1) is 5.41 Å². The standard InChI is InChI=1S/C17H28N2O/c1-4-16(20)15-8-7-14(13-18-15)19-11-9-17(5-2,6-3)10-12-19/h7-8,13,16,20H,4-6,9-12H2,1-3H3/t16-/m0/s1. The van der Waals surface area contributed by atoms with Crippen LogP contribution < -0.4 is 4.90 Å². The number of aliphatic hydroxyl groups is 1. The Morgan fingerprint density at radius 2 is 1.85 bits per heavy atom. The minimum Gasteiger partial charge on any atom is -0.387 e. The maximum Gasteiger partial charge on any atom is 0.0957 e. The summed E-state index contributed by atoms with van der Waals surface area (Å²) in [5.74, 6) is 0. The van der Waals surface area contributed by atoms with Crippen molar-refractivity contribution >= 4 is 5.69 Å². The molecule has 0 aromatic carbocycles. The van der Waals surface area contributed by atoms with Crippen LogP contribution in [0.5, 0.6) is 0 Å². The van der Waals surface area contributed by atoms with Crippen LogP contribution in [0.1, 0.15) is 64.7 Å². The van der Waals surface area contributed by atoms with Crippen molar-refractivity contribution in [1.29, 1.82) is 0 Å². The smallest absolute Gasteiger partial charge is 0.0957 e. The number of rotatable bonds is 5. The van der Waals surface area contributed by atoms with Crippen molar-refractivity contribution < 1.29 is 5.11 Å². The Morgan fingerprint density at radius 1 is 1.20 bits per heavy atom. The first-order valence-electron chi connectivity index (χ1n) is 8.03. The molecule has 1 saturated heterocycles. The van der Waals surface area contributed by atoms with E-state index in [2.05, 4.69) is 29.8 Å². The van der Waals surface area contributed by atoms with E-state index in [9.17, 15) is 5.11 Å². The fraction of sp³-hybridized carbons (Fsp3) is 0.706. The van der Waals surface area contributed by atoms with Crippen molar-refractivity contribution in [3.8, 4) is 0 Å². The minimum absolute atomic E-state index is 0.432. The number of anilines is 1. The molecule has 0 bridgehead atoms. The first-order valence-corrected chi connectivity index (χ1v) is 8.03. The highest BCUT2D eigenvalue weighted by molar-refractivity contribution is 5.45. The molecule has 0 aliphatic carbocycles. The number of nitrogens with zero attached hydrogens (tertiary/aromatic N) is 2. The van der Waals surface area contributed by atoms with Gasteiger partial charge in [0.1, 0.15) is 0 Å². The van der Waals surface area contributed by atoms with Gasteiger partial charge in [-0.1, -0.05) is 33.6 Å². The normalized spacial score (nSPS) is 19.9. The van der Waals surface area contributed by atoms with Crippen LogP contribution in [-0.4, -0.2) is 23.2 Å². The lowest BCUT2D eigenvalue weighted by atomic mass is 9.74. The van der Waals surface area contributed by atoms with Crippen molar-refractivity contribution in [2.45, 2.75) is 59.0 Å². The monoisotopic (exact) mass is 276 g/mol. The molecule has 1 N–H and O–H groups in total. The molecular formula is C17H28N2O. The van der Waals surface area contributed by atoms with Crippen molar-refractivity contribution in [2.75, 3.05) is 18.0 Å². The molecule has 2 heterocycles. The van der Waals surface area contributed by atoms with E-state index in [1.807, 2.05) is 19.2 Å². The first kappa shape index (κ1) is 15.3. The van der Waals surface area contributed by atoms with Crippen LogP contribution in [0.3, 0.4) is 0 Å². The molecule has 0 amide bonds. The Morgan fingerprint density at radius 3 is 2.30 bits per heavy atom. The molecule has 1 aliphatic rings. The summed E-state index contributed by atoms with van der Waals surface area (Å²) < 4.78 is 0. The van der Waals surface area contributed by atoms with Gasteiger partial charge >= 0.3 is 0 Å². The summed E-state index contributed by atoms with van der Waals surface area (Å²) in [4.78, 5) is 6.84. The molecule has 2 rings (SSSR count). The zero-order chi connectivity index (χ0) is 14.6. The third-order valence-corrected chi connectivity index (χ3v) is 5.19. The zero-order valence-corrected chi connectivity index (χ0v) is 13.1. The van der Waals surface area contributed by atoms with Gasteiger partial charge in [-0.15, -0.1) is 0 Å². The quantitative estimate of drug-likeness (QED) is 0.885. The number of aliphatic hydroxyl groups excluding tert-OH is 1. The van der Waals surface area contributed by atoms with Gasteiger partial charge in [0.25, 0.3) is 0 Å². The molecule has 0 unspecified atom stereocenters. The molecule has 1 atom stereocenters. The lowest BCUT2D eigenvalue weighted by molar-refractivity contribution is 0.169. The van der Waals surface area contributed by atoms with Gasteiger partial charge < -0.3 is 10.0 Å². The summed E-state index contributed by atoms with van der Waals surface area (Å²) in [5, 5.41) is 9.79. The highest BCUT2D eigenvalue weighted by Gasteiger charge is 2.31. The van der Waals surface area contributed by atoms with Gasteiger partial charge in [0.05, 0.1) is 23.7 Å². The first-order chi connectivity index (χ1) is 9.64. The van der Waals surface area contributed by atoms with Crippen LogP contribution in [0.4, 0.5) is 5.69 Å². The van der Waals surface area contributed by atoms with Crippen molar-refractivity contribution in [2.24, 2.45) is 5.41 Å². The van der Waals surface area contributed by atoms with E-state index in [-0.39, 0.29) is 0 Å². The third-order valence-electron chi connectivity index (χ3n) is 5.19. The second kappa shape index (κ2) is 6.57. The Balaban J connectivity index is 2.00. The number of piperidine rings is 1. The summed E-state index contributed by atoms with van der Waals surface area (Å²) in [6.07, 6.45) is 7.33. The fourth-order valence-corrected chi connectivity index (χ4v) is 3.19. The van der Waals surface area contributed by atoms with Gasteiger partial charge in [0.2, 0.25) is 0 Å². The predicted octanol–water partition coefficient (Wildman–Crippen LogP) is 3.93. The number of hydrogen-bond acceptors (Lipinski definition) is 3. The van der Waals surface area contributed by atoms with E-state index in [0.717, 1.165) is 18.8 Å². The van der Waals surface area contributed by atoms with E-state index in [4.69, 9.17) is 0 Å². The topological polar surface area (TPSA) is 36.4 Å². The number of hydrogen-bond donors (Lipinski definition) is 1. The third kappa shape index (κ3) is 3.14. The van der Waals surface area contributed by atoms with Gasteiger partial charge in [-0.3, -0.25) is 4.98 Å². The fourth-order valence-electron chi connectivity index (χ4n) is 3.19. The molecule has 1 aliphatic heterocycles. The molecule has 1 fully saturated rings. The molecule has 3 heteroatoms. The van der Waals surface area contributed by atoms with Crippen LogP contribution in [0.25, 0.3) is 0 Å². The van der Waals surface area contributed by atoms with Crippen molar-refractivity contribution in [3.05, 3.63) is 24.0 Å². The summed E-state index contributed by atoms with van der Waals surface area (Å²) >= 11 is 0. The SMILES string of the molecule is CC[C@H](O)c1ccc(N2CCC(CC)(CC)CC2)cn1. The lowest BCUT2D eigenvalue weighted by Gasteiger charge is -2.41. The molecule has 0 radical (unpaired) electrons. The molecule has 0 saturated carbocycles. The lowest BCUT2D eigenvalue weighted by Crippen LogP contribution is -2.39. The second-order valence-corrected chi connectivity index (χ2v) is 6.06. The Kier molecular flexibility index (Phi) is 5.03. The van der Waals surface area contributed by atoms with Gasteiger partial charge in [-0.25, -0.2) is 0 Å². The van der Waals surface area contributed by atoms with E-state index in [0.29, 0.717) is 11.8 Å². The average molecular weight is 276 g/mol. The Bertz CT molecular complexity index is 402. The Labute approximate surface area is 123 Å². The molecule has 112 valence electrons. The van der Waals surface area contributed by atoms with E-state index in [1.54, 1.807) is 0 Å². The number of aromatic nitrogens is 1. The van der Waals surface area contributed by atoms with Gasteiger partial charge in [-0.05, 0) is 36.8 Å². The van der Waals surface area contributed by atoms with E-state index in [1.165, 1.54) is 31.4 Å². The van der Waals surface area contributed by atoms with Gasteiger partial charge in [0.15, 0.2) is 0 Å². The van der Waals surface area contributed by atoms with Crippen molar-refractivity contribution in [3.63, 3.8) is 0 Å². The molecule has 3 nitrogen and oxygen atoms in total. The minimum atomic E-state index is -0.432. The molecule has 1 aromatic rings. The van der Waals surface area contributed by atoms with Crippen molar-refractivity contribution in [1.82, 2.24) is 4.98 Å². The molecule has 20 heavy (non-hydrogen) atoms. The van der Waals surface area contributed by atoms with Crippen LogP contribution in [0.15, 0.2) is 18.3 Å². The van der Waals surface area contributed by atoms with Gasteiger partial charge in [0, 0.05) is 13.1 Å². The molecule has 0 spiro atoms. The summed E-state index contributed by atoms with van der Waals surface area (Å²) in [7, 11) is 0. The predicted molar refractivity (Wildman–Crippen MR) is 83.9 cm³/mol. The second-order valence-electron chi connectivity index (χ2n) is 6.06. The van der Waals surface area contributed by atoms with E-state index < -0.39 is 6.10 Å². The summed E-state index contributed by atoms with van der Waals surface area (Å²) in [6, 6.07) is 4.07. The zero-order valence-electron chi connectivity index (χ0n) is 13.1. The highest BCUT2D eigenvalue weighted by Crippen LogP contribution is 2.39. The maximum absolute atomic E-state index is 9.79. The summed E-state index contributed by atoms with van der Waals surface area (Å²) in [6.45, 7) is 8.86. The molecular weight excluding hydrogens is 248 g/mol. The van der Waals surface area contributed by atoms with Crippen LogP contribution >= 0.6 is 0 Å². The number of pyridine rings is 1. The highest BCUT2D eigenvalue weighted by atomic mass is 16.3. The van der Waals surface area contributed by atoms with Crippen LogP contribution in [0.2, 0.25) is 0 Å². The summed E-state index contributed by atoms with van der Waals surface area (Å²) in [5.41, 5.74) is 2.53. The maximum atomic E-state index is 9.79.